The van der Waals surface area contributed by atoms with Gasteiger partial charge in [-0.15, -0.1) is 33.1 Å². The molecule has 2 heterocycles. The number of rotatable bonds is 2. The van der Waals surface area contributed by atoms with Crippen LogP contribution in [0.1, 0.15) is 5.01 Å². The van der Waals surface area contributed by atoms with Crippen LogP contribution in [0, 0.1) is 0 Å². The third-order valence-electron chi connectivity index (χ3n) is 1.31. The highest BCUT2D eigenvalue weighted by atomic mass is 79.9. The maximum atomic E-state index is 5.62. The number of alkyl halides is 1. The van der Waals surface area contributed by atoms with Gasteiger partial charge in [0, 0.05) is 0 Å². The molecule has 0 unspecified atom stereocenters. The first-order chi connectivity index (χ1) is 6.31. The van der Waals surface area contributed by atoms with E-state index >= 15 is 0 Å². The summed E-state index contributed by atoms with van der Waals surface area (Å²) in [5.74, 6) is 0.402. The van der Waals surface area contributed by atoms with Crippen molar-refractivity contribution in [3.8, 4) is 10.7 Å². The second-order valence-corrected chi connectivity index (χ2v) is 5.61. The Morgan fingerprint density at radius 2 is 2.31 bits per heavy atom. The number of halogens is 2. The molecule has 0 bridgehead atoms. The SMILES string of the molecule is ClCc1nnc(-c2ncsc2Br)s1. The van der Waals surface area contributed by atoms with Crippen LogP contribution in [0.15, 0.2) is 9.30 Å². The molecule has 2 aromatic rings. The van der Waals surface area contributed by atoms with Gasteiger partial charge in [0.2, 0.25) is 0 Å². The topological polar surface area (TPSA) is 38.7 Å². The van der Waals surface area contributed by atoms with Gasteiger partial charge in [-0.25, -0.2) is 4.98 Å². The Kier molecular flexibility index (Phi) is 2.92. The Morgan fingerprint density at radius 1 is 1.46 bits per heavy atom. The van der Waals surface area contributed by atoms with E-state index in [0.29, 0.717) is 5.88 Å². The standard InChI is InChI=1S/C6H3BrClN3S2/c7-5-4(9-2-12-5)6-11-10-3(1-8)13-6/h2H,1H2. The summed E-state index contributed by atoms with van der Waals surface area (Å²) in [6.07, 6.45) is 0. The van der Waals surface area contributed by atoms with Crippen molar-refractivity contribution in [2.75, 3.05) is 0 Å². The van der Waals surface area contributed by atoms with Crippen molar-refractivity contribution in [3.63, 3.8) is 0 Å². The number of hydrogen-bond acceptors (Lipinski definition) is 5. The number of aromatic nitrogens is 3. The summed E-state index contributed by atoms with van der Waals surface area (Å²) in [5.41, 5.74) is 2.61. The number of nitrogens with zero attached hydrogens (tertiary/aromatic N) is 3. The van der Waals surface area contributed by atoms with Crippen molar-refractivity contribution >= 4 is 50.2 Å². The molecule has 3 nitrogen and oxygen atoms in total. The minimum Gasteiger partial charge on any atom is -0.241 e. The molecule has 0 amide bonds. The first-order valence-electron chi connectivity index (χ1n) is 3.29. The van der Waals surface area contributed by atoms with Crippen LogP contribution >= 0.6 is 50.2 Å². The zero-order valence-electron chi connectivity index (χ0n) is 6.20. The fraction of sp³-hybridized carbons (Fsp3) is 0.167. The molecule has 0 N–H and O–H groups in total. The lowest BCUT2D eigenvalue weighted by Crippen LogP contribution is -1.76. The lowest BCUT2D eigenvalue weighted by atomic mass is 10.5. The minimum absolute atomic E-state index is 0.402. The summed E-state index contributed by atoms with van der Waals surface area (Å²) in [4.78, 5) is 4.17. The van der Waals surface area contributed by atoms with Gasteiger partial charge in [0.25, 0.3) is 0 Å². The molecule has 0 aliphatic rings. The largest absolute Gasteiger partial charge is 0.241 e. The second kappa shape index (κ2) is 4.00. The van der Waals surface area contributed by atoms with E-state index in [1.54, 1.807) is 5.51 Å². The summed E-state index contributed by atoms with van der Waals surface area (Å²) < 4.78 is 0.977. The fourth-order valence-electron chi connectivity index (χ4n) is 0.774. The smallest absolute Gasteiger partial charge is 0.168 e. The first kappa shape index (κ1) is 9.51. The van der Waals surface area contributed by atoms with Gasteiger partial charge in [0.1, 0.15) is 14.5 Å². The third kappa shape index (κ3) is 1.90. The summed E-state index contributed by atoms with van der Waals surface area (Å²) in [5, 5.41) is 9.53. The van der Waals surface area contributed by atoms with Crippen LogP contribution in [-0.2, 0) is 5.88 Å². The summed E-state index contributed by atoms with van der Waals surface area (Å²) >= 11 is 12.0. The van der Waals surface area contributed by atoms with Gasteiger partial charge in [0.05, 0.1) is 11.4 Å². The van der Waals surface area contributed by atoms with Crippen LogP contribution in [0.4, 0.5) is 0 Å². The maximum Gasteiger partial charge on any atom is 0.168 e. The van der Waals surface area contributed by atoms with Gasteiger partial charge < -0.3 is 0 Å². The average molecular weight is 297 g/mol. The molecule has 0 saturated heterocycles. The summed E-state index contributed by atoms with van der Waals surface area (Å²) in [6.45, 7) is 0. The van der Waals surface area contributed by atoms with Gasteiger partial charge in [0.15, 0.2) is 5.01 Å². The zero-order chi connectivity index (χ0) is 9.26. The van der Waals surface area contributed by atoms with Gasteiger partial charge in [-0.1, -0.05) is 11.3 Å². The molecule has 68 valence electrons. The molecule has 0 fully saturated rings. The molecule has 0 radical (unpaired) electrons. The molecule has 2 rings (SSSR count). The maximum absolute atomic E-state index is 5.62. The molecule has 0 atom stereocenters. The molecule has 0 spiro atoms. The van der Waals surface area contributed by atoms with E-state index in [2.05, 4.69) is 31.1 Å². The van der Waals surface area contributed by atoms with E-state index in [0.717, 1.165) is 19.5 Å². The third-order valence-corrected chi connectivity index (χ3v) is 4.20. The van der Waals surface area contributed by atoms with Gasteiger partial charge in [-0.05, 0) is 15.9 Å². The quantitative estimate of drug-likeness (QED) is 0.799. The van der Waals surface area contributed by atoms with Crippen molar-refractivity contribution in [1.82, 2.24) is 15.2 Å². The number of hydrogen-bond donors (Lipinski definition) is 0. The zero-order valence-corrected chi connectivity index (χ0v) is 10.2. The molecule has 7 heteroatoms. The van der Waals surface area contributed by atoms with Crippen molar-refractivity contribution in [1.29, 1.82) is 0 Å². The molecule has 13 heavy (non-hydrogen) atoms. The van der Waals surface area contributed by atoms with Crippen LogP contribution in [0.5, 0.6) is 0 Å². The average Bonchev–Trinajstić information content (AvgIpc) is 2.71. The molecular weight excluding hydrogens is 294 g/mol. The number of thiazole rings is 1. The molecule has 2 aromatic heterocycles. The molecule has 0 aliphatic heterocycles. The van der Waals surface area contributed by atoms with Gasteiger partial charge in [-0.3, -0.25) is 0 Å². The second-order valence-electron chi connectivity index (χ2n) is 2.11. The van der Waals surface area contributed by atoms with Crippen molar-refractivity contribution in [2.45, 2.75) is 5.88 Å². The fourth-order valence-corrected chi connectivity index (χ4v) is 2.93. The highest BCUT2D eigenvalue weighted by Gasteiger charge is 2.11. The Bertz CT molecular complexity index is 413. The van der Waals surface area contributed by atoms with Crippen molar-refractivity contribution in [2.24, 2.45) is 0 Å². The lowest BCUT2D eigenvalue weighted by molar-refractivity contribution is 1.04. The summed E-state index contributed by atoms with van der Waals surface area (Å²) in [7, 11) is 0. The van der Waals surface area contributed by atoms with Crippen LogP contribution < -0.4 is 0 Å². The van der Waals surface area contributed by atoms with Crippen molar-refractivity contribution in [3.05, 3.63) is 14.3 Å². The van der Waals surface area contributed by atoms with E-state index in [4.69, 9.17) is 11.6 Å². The Labute approximate surface area is 95.9 Å². The van der Waals surface area contributed by atoms with E-state index in [9.17, 15) is 0 Å². The van der Waals surface area contributed by atoms with E-state index < -0.39 is 0 Å². The van der Waals surface area contributed by atoms with E-state index in [1.165, 1.54) is 22.7 Å². The van der Waals surface area contributed by atoms with E-state index in [-0.39, 0.29) is 0 Å². The normalized spacial score (nSPS) is 10.6. The minimum atomic E-state index is 0.402. The molecule has 0 aliphatic carbocycles. The monoisotopic (exact) mass is 295 g/mol. The van der Waals surface area contributed by atoms with Crippen molar-refractivity contribution < 1.29 is 0 Å². The highest BCUT2D eigenvalue weighted by molar-refractivity contribution is 9.11. The molecule has 0 saturated carbocycles. The first-order valence-corrected chi connectivity index (χ1v) is 6.31. The van der Waals surface area contributed by atoms with Crippen LogP contribution in [0.25, 0.3) is 10.7 Å². The van der Waals surface area contributed by atoms with E-state index in [1.807, 2.05) is 0 Å². The van der Waals surface area contributed by atoms with Gasteiger partial charge in [-0.2, -0.15) is 0 Å². The van der Waals surface area contributed by atoms with Crippen LogP contribution in [-0.4, -0.2) is 15.2 Å². The predicted octanol–water partition coefficient (Wildman–Crippen LogP) is 3.16. The lowest BCUT2D eigenvalue weighted by Gasteiger charge is -1.86. The Morgan fingerprint density at radius 3 is 2.85 bits per heavy atom. The Hall–Kier alpha value is -0.0400. The van der Waals surface area contributed by atoms with Gasteiger partial charge >= 0.3 is 0 Å². The summed E-state index contributed by atoms with van der Waals surface area (Å²) in [6, 6.07) is 0. The van der Waals surface area contributed by atoms with Crippen LogP contribution in [0.3, 0.4) is 0 Å². The highest BCUT2D eigenvalue weighted by Crippen LogP contribution is 2.32. The van der Waals surface area contributed by atoms with Crippen LogP contribution in [0.2, 0.25) is 0 Å². The molecular formula is C6H3BrClN3S2. The Balaban J connectivity index is 2.41. The molecule has 0 aromatic carbocycles. The predicted molar refractivity (Wildman–Crippen MR) is 58.3 cm³/mol.